The zero-order chi connectivity index (χ0) is 9.97. The normalized spacial score (nSPS) is 20.4. The molecule has 4 heteroatoms. The standard InChI is InChI=1S/C10H15N3O/c1-8(10-4-11-2-3-12-10)13-5-9(6-13)7-14/h2-4,8-9,14H,5-7H2,1H3. The zero-order valence-corrected chi connectivity index (χ0v) is 8.30. The van der Waals surface area contributed by atoms with Gasteiger partial charge in [0.05, 0.1) is 11.7 Å². The van der Waals surface area contributed by atoms with E-state index in [9.17, 15) is 0 Å². The van der Waals surface area contributed by atoms with Gasteiger partial charge in [0.1, 0.15) is 0 Å². The van der Waals surface area contributed by atoms with Crippen molar-refractivity contribution in [3.63, 3.8) is 0 Å². The molecular formula is C10H15N3O. The van der Waals surface area contributed by atoms with Crippen molar-refractivity contribution in [1.29, 1.82) is 0 Å². The fourth-order valence-electron chi connectivity index (χ4n) is 1.75. The molecule has 4 nitrogen and oxygen atoms in total. The molecule has 1 atom stereocenters. The maximum absolute atomic E-state index is 8.90. The number of hydrogen-bond acceptors (Lipinski definition) is 4. The molecule has 14 heavy (non-hydrogen) atoms. The Morgan fingerprint density at radius 1 is 1.57 bits per heavy atom. The van der Waals surface area contributed by atoms with Gasteiger partial charge in [0.15, 0.2) is 0 Å². The lowest BCUT2D eigenvalue weighted by atomic mass is 9.98. The molecule has 1 saturated heterocycles. The van der Waals surface area contributed by atoms with E-state index in [0.29, 0.717) is 18.6 Å². The highest BCUT2D eigenvalue weighted by Crippen LogP contribution is 2.26. The summed E-state index contributed by atoms with van der Waals surface area (Å²) in [6.07, 6.45) is 5.20. The highest BCUT2D eigenvalue weighted by atomic mass is 16.3. The van der Waals surface area contributed by atoms with Crippen molar-refractivity contribution >= 4 is 0 Å². The number of aliphatic hydroxyl groups is 1. The molecule has 1 aromatic rings. The Balaban J connectivity index is 1.94. The first kappa shape index (κ1) is 9.55. The van der Waals surface area contributed by atoms with E-state index in [0.717, 1.165) is 18.8 Å². The van der Waals surface area contributed by atoms with E-state index in [1.807, 2.05) is 0 Å². The van der Waals surface area contributed by atoms with Crippen LogP contribution in [0.4, 0.5) is 0 Å². The van der Waals surface area contributed by atoms with E-state index >= 15 is 0 Å². The van der Waals surface area contributed by atoms with Crippen molar-refractivity contribution in [2.75, 3.05) is 19.7 Å². The first-order valence-electron chi connectivity index (χ1n) is 4.92. The number of rotatable bonds is 3. The van der Waals surface area contributed by atoms with Crippen LogP contribution in [0.15, 0.2) is 18.6 Å². The molecule has 0 saturated carbocycles. The molecule has 0 spiro atoms. The average molecular weight is 193 g/mol. The second-order valence-electron chi connectivity index (χ2n) is 3.81. The summed E-state index contributed by atoms with van der Waals surface area (Å²) in [6.45, 7) is 4.35. The molecule has 0 radical (unpaired) electrons. The first-order chi connectivity index (χ1) is 6.81. The Morgan fingerprint density at radius 2 is 2.36 bits per heavy atom. The van der Waals surface area contributed by atoms with Gasteiger partial charge in [-0.25, -0.2) is 0 Å². The molecule has 2 rings (SSSR count). The molecule has 0 amide bonds. The largest absolute Gasteiger partial charge is 0.396 e. The van der Waals surface area contributed by atoms with Gasteiger partial charge in [-0.2, -0.15) is 0 Å². The van der Waals surface area contributed by atoms with E-state index in [-0.39, 0.29) is 0 Å². The molecule has 0 bridgehead atoms. The summed E-state index contributed by atoms with van der Waals surface area (Å²) in [5.74, 6) is 0.453. The third-order valence-electron chi connectivity index (χ3n) is 2.80. The molecule has 1 N–H and O–H groups in total. The van der Waals surface area contributed by atoms with Crippen molar-refractivity contribution in [3.8, 4) is 0 Å². The molecule has 1 aliphatic rings. The summed E-state index contributed by atoms with van der Waals surface area (Å²) in [6, 6.07) is 0.312. The number of aliphatic hydroxyl groups excluding tert-OH is 1. The molecule has 2 heterocycles. The SMILES string of the molecule is CC(c1cnccn1)N1CC(CO)C1. The Bertz CT molecular complexity index is 285. The van der Waals surface area contributed by atoms with Gasteiger partial charge in [0.2, 0.25) is 0 Å². The highest BCUT2D eigenvalue weighted by Gasteiger charge is 2.30. The van der Waals surface area contributed by atoms with Crippen LogP contribution >= 0.6 is 0 Å². The lowest BCUT2D eigenvalue weighted by Crippen LogP contribution is -2.49. The number of nitrogens with zero attached hydrogens (tertiary/aromatic N) is 3. The molecule has 1 aliphatic heterocycles. The summed E-state index contributed by atoms with van der Waals surface area (Å²) in [5.41, 5.74) is 1.00. The number of likely N-dealkylation sites (tertiary alicyclic amines) is 1. The van der Waals surface area contributed by atoms with E-state index in [1.165, 1.54) is 0 Å². The Kier molecular flexibility index (Phi) is 2.74. The van der Waals surface area contributed by atoms with E-state index in [2.05, 4.69) is 21.8 Å². The quantitative estimate of drug-likeness (QED) is 0.757. The van der Waals surface area contributed by atoms with Gasteiger partial charge in [-0.1, -0.05) is 0 Å². The molecule has 0 aromatic carbocycles. The first-order valence-corrected chi connectivity index (χ1v) is 4.92. The minimum atomic E-state index is 0.295. The van der Waals surface area contributed by atoms with Crippen LogP contribution in [0.2, 0.25) is 0 Å². The molecule has 1 unspecified atom stereocenters. The maximum atomic E-state index is 8.90. The smallest absolute Gasteiger partial charge is 0.0755 e. The minimum absolute atomic E-state index is 0.295. The van der Waals surface area contributed by atoms with E-state index < -0.39 is 0 Å². The third kappa shape index (κ3) is 1.76. The van der Waals surface area contributed by atoms with Crippen LogP contribution in [0.3, 0.4) is 0 Å². The fourth-order valence-corrected chi connectivity index (χ4v) is 1.75. The van der Waals surface area contributed by atoms with Crippen molar-refractivity contribution in [1.82, 2.24) is 14.9 Å². The van der Waals surface area contributed by atoms with Gasteiger partial charge in [0, 0.05) is 44.2 Å². The van der Waals surface area contributed by atoms with E-state index in [4.69, 9.17) is 5.11 Å². The van der Waals surface area contributed by atoms with E-state index in [1.54, 1.807) is 18.6 Å². The average Bonchev–Trinajstić information content (AvgIpc) is 2.17. The predicted octanol–water partition coefficient (Wildman–Crippen LogP) is 0.462. The Morgan fingerprint density at radius 3 is 2.93 bits per heavy atom. The lowest BCUT2D eigenvalue weighted by molar-refractivity contribution is 0.0231. The number of aromatic nitrogens is 2. The molecular weight excluding hydrogens is 178 g/mol. The van der Waals surface area contributed by atoms with Crippen LogP contribution in [0.25, 0.3) is 0 Å². The summed E-state index contributed by atoms with van der Waals surface area (Å²) in [5, 5.41) is 8.90. The van der Waals surface area contributed by atoms with Crippen LogP contribution in [0.5, 0.6) is 0 Å². The second-order valence-corrected chi connectivity index (χ2v) is 3.81. The Hall–Kier alpha value is -1.00. The maximum Gasteiger partial charge on any atom is 0.0755 e. The predicted molar refractivity (Wildman–Crippen MR) is 52.6 cm³/mol. The molecule has 76 valence electrons. The third-order valence-corrected chi connectivity index (χ3v) is 2.80. The lowest BCUT2D eigenvalue weighted by Gasteiger charge is -2.42. The number of hydrogen-bond donors (Lipinski definition) is 1. The van der Waals surface area contributed by atoms with Crippen molar-refractivity contribution in [2.45, 2.75) is 13.0 Å². The topological polar surface area (TPSA) is 49.2 Å². The van der Waals surface area contributed by atoms with Crippen molar-refractivity contribution in [3.05, 3.63) is 24.3 Å². The van der Waals surface area contributed by atoms with Crippen LogP contribution in [0.1, 0.15) is 18.7 Å². The van der Waals surface area contributed by atoms with Crippen LogP contribution < -0.4 is 0 Å². The fraction of sp³-hybridized carbons (Fsp3) is 0.600. The second kappa shape index (κ2) is 4.02. The minimum Gasteiger partial charge on any atom is -0.396 e. The Labute approximate surface area is 83.6 Å². The van der Waals surface area contributed by atoms with Gasteiger partial charge in [-0.05, 0) is 6.92 Å². The van der Waals surface area contributed by atoms with Gasteiger partial charge >= 0.3 is 0 Å². The van der Waals surface area contributed by atoms with Gasteiger partial charge < -0.3 is 5.11 Å². The van der Waals surface area contributed by atoms with Gasteiger partial charge in [0.25, 0.3) is 0 Å². The van der Waals surface area contributed by atoms with Crippen LogP contribution in [-0.4, -0.2) is 39.7 Å². The molecule has 0 aliphatic carbocycles. The highest BCUT2D eigenvalue weighted by molar-refractivity contribution is 5.03. The van der Waals surface area contributed by atoms with Crippen LogP contribution in [0, 0.1) is 5.92 Å². The van der Waals surface area contributed by atoms with Gasteiger partial charge in [-0.15, -0.1) is 0 Å². The molecule has 1 aromatic heterocycles. The summed E-state index contributed by atoms with van der Waals surface area (Å²) in [4.78, 5) is 10.6. The molecule has 1 fully saturated rings. The van der Waals surface area contributed by atoms with Crippen molar-refractivity contribution < 1.29 is 5.11 Å². The summed E-state index contributed by atoms with van der Waals surface area (Å²) in [7, 11) is 0. The summed E-state index contributed by atoms with van der Waals surface area (Å²) >= 11 is 0. The van der Waals surface area contributed by atoms with Crippen molar-refractivity contribution in [2.24, 2.45) is 5.92 Å². The zero-order valence-electron chi connectivity index (χ0n) is 8.30. The monoisotopic (exact) mass is 193 g/mol. The van der Waals surface area contributed by atoms with Crippen LogP contribution in [-0.2, 0) is 0 Å². The van der Waals surface area contributed by atoms with Gasteiger partial charge in [-0.3, -0.25) is 14.9 Å². The summed E-state index contributed by atoms with van der Waals surface area (Å²) < 4.78 is 0.